The van der Waals surface area contributed by atoms with Crippen LogP contribution < -0.4 is 10.2 Å². The van der Waals surface area contributed by atoms with E-state index in [2.05, 4.69) is 40.5 Å². The second kappa shape index (κ2) is 8.81. The van der Waals surface area contributed by atoms with Crippen LogP contribution in [-0.4, -0.2) is 47.9 Å². The standard InChI is InChI=1S/C20H24N4O2S3/c1-3-23(4-2)20-22-19-16(29-20)11-15(28-19)18(26)21-8-5-17(25)24-9-6-14-13(12-24)7-10-27-14/h7,10-11H,3-6,8-9,12H2,1-2H3,(H,21,26). The molecule has 4 rings (SSSR count). The van der Waals surface area contributed by atoms with Crippen LogP contribution in [0.15, 0.2) is 17.5 Å². The summed E-state index contributed by atoms with van der Waals surface area (Å²) in [6, 6.07) is 4.01. The van der Waals surface area contributed by atoms with Gasteiger partial charge in [0.15, 0.2) is 5.13 Å². The maximum absolute atomic E-state index is 12.5. The normalized spacial score (nSPS) is 13.5. The Hall–Kier alpha value is -1.97. The van der Waals surface area contributed by atoms with Crippen LogP contribution >= 0.6 is 34.0 Å². The molecule has 0 atom stereocenters. The van der Waals surface area contributed by atoms with Crippen LogP contribution in [0.5, 0.6) is 0 Å². The summed E-state index contributed by atoms with van der Waals surface area (Å²) in [4.78, 5) is 36.6. The van der Waals surface area contributed by atoms with Gasteiger partial charge in [-0.3, -0.25) is 9.59 Å². The Morgan fingerprint density at radius 2 is 2.10 bits per heavy atom. The van der Waals surface area contributed by atoms with Gasteiger partial charge in [-0.15, -0.1) is 22.7 Å². The largest absolute Gasteiger partial charge is 0.351 e. The van der Waals surface area contributed by atoms with E-state index in [0.29, 0.717) is 24.4 Å². The number of carbonyl (C=O) groups is 2. The van der Waals surface area contributed by atoms with Crippen LogP contribution in [0.4, 0.5) is 5.13 Å². The maximum atomic E-state index is 12.5. The summed E-state index contributed by atoms with van der Waals surface area (Å²) in [5.41, 5.74) is 1.26. The Morgan fingerprint density at radius 1 is 1.28 bits per heavy atom. The monoisotopic (exact) mass is 448 g/mol. The summed E-state index contributed by atoms with van der Waals surface area (Å²) in [5, 5.41) is 5.98. The second-order valence-electron chi connectivity index (χ2n) is 6.89. The number of nitrogens with one attached hydrogen (secondary N) is 1. The molecule has 1 N–H and O–H groups in total. The van der Waals surface area contributed by atoms with Crippen molar-refractivity contribution in [3.05, 3.63) is 32.8 Å². The van der Waals surface area contributed by atoms with Crippen molar-refractivity contribution < 1.29 is 9.59 Å². The number of amides is 2. The van der Waals surface area contributed by atoms with Crippen molar-refractivity contribution >= 4 is 60.5 Å². The average Bonchev–Trinajstić information content (AvgIpc) is 3.42. The number of hydrogen-bond acceptors (Lipinski definition) is 7. The van der Waals surface area contributed by atoms with E-state index in [1.807, 2.05) is 11.0 Å². The topological polar surface area (TPSA) is 65.5 Å². The third-order valence-corrected chi connectivity index (χ3v) is 8.36. The lowest BCUT2D eigenvalue weighted by Gasteiger charge is -2.27. The van der Waals surface area contributed by atoms with Crippen molar-refractivity contribution in [1.82, 2.24) is 15.2 Å². The Bertz CT molecular complexity index is 987. The number of rotatable bonds is 7. The number of carbonyl (C=O) groups excluding carboxylic acids is 2. The molecule has 0 aliphatic carbocycles. The minimum Gasteiger partial charge on any atom is -0.351 e. The molecule has 154 valence electrons. The number of thiazole rings is 1. The Balaban J connectivity index is 1.29. The van der Waals surface area contributed by atoms with E-state index in [0.717, 1.165) is 40.7 Å². The van der Waals surface area contributed by atoms with Crippen molar-refractivity contribution in [2.45, 2.75) is 33.2 Å². The van der Waals surface area contributed by atoms with Gasteiger partial charge in [0.1, 0.15) is 4.83 Å². The Morgan fingerprint density at radius 3 is 2.86 bits per heavy atom. The van der Waals surface area contributed by atoms with Crippen LogP contribution in [0.25, 0.3) is 9.53 Å². The minimum atomic E-state index is -0.129. The smallest absolute Gasteiger partial charge is 0.261 e. The van der Waals surface area contributed by atoms with Crippen molar-refractivity contribution in [1.29, 1.82) is 0 Å². The zero-order valence-corrected chi connectivity index (χ0v) is 19.0. The van der Waals surface area contributed by atoms with Crippen LogP contribution in [0.2, 0.25) is 0 Å². The molecule has 1 aliphatic rings. The molecule has 3 aromatic rings. The van der Waals surface area contributed by atoms with Gasteiger partial charge in [0.05, 0.1) is 9.58 Å². The van der Waals surface area contributed by atoms with E-state index in [4.69, 9.17) is 0 Å². The lowest BCUT2D eigenvalue weighted by molar-refractivity contribution is -0.131. The molecule has 0 spiro atoms. The summed E-state index contributed by atoms with van der Waals surface area (Å²) >= 11 is 4.80. The van der Waals surface area contributed by atoms with Gasteiger partial charge in [-0.25, -0.2) is 4.98 Å². The number of fused-ring (bicyclic) bond motifs is 2. The van der Waals surface area contributed by atoms with Gasteiger partial charge >= 0.3 is 0 Å². The summed E-state index contributed by atoms with van der Waals surface area (Å²) in [6.45, 7) is 7.88. The van der Waals surface area contributed by atoms with Crippen LogP contribution in [0, 0.1) is 0 Å². The van der Waals surface area contributed by atoms with Crippen molar-refractivity contribution in [2.24, 2.45) is 0 Å². The molecule has 9 heteroatoms. The summed E-state index contributed by atoms with van der Waals surface area (Å²) < 4.78 is 1.04. The maximum Gasteiger partial charge on any atom is 0.261 e. The molecule has 0 saturated heterocycles. The molecule has 2 amide bonds. The molecule has 6 nitrogen and oxygen atoms in total. The molecule has 0 aromatic carbocycles. The molecule has 0 saturated carbocycles. The third-order valence-electron chi connectivity index (χ3n) is 5.12. The molecule has 29 heavy (non-hydrogen) atoms. The van der Waals surface area contributed by atoms with Gasteiger partial charge < -0.3 is 15.1 Å². The molecule has 4 heterocycles. The predicted octanol–water partition coefficient (Wildman–Crippen LogP) is 3.97. The van der Waals surface area contributed by atoms with Gasteiger partial charge in [-0.2, -0.15) is 0 Å². The molecular formula is C20H24N4O2S3. The van der Waals surface area contributed by atoms with Gasteiger partial charge in [-0.1, -0.05) is 11.3 Å². The minimum absolute atomic E-state index is 0.0971. The van der Waals surface area contributed by atoms with Gasteiger partial charge in [0.25, 0.3) is 5.91 Å². The van der Waals surface area contributed by atoms with Crippen molar-refractivity contribution in [3.8, 4) is 0 Å². The zero-order valence-electron chi connectivity index (χ0n) is 16.6. The van der Waals surface area contributed by atoms with E-state index >= 15 is 0 Å². The van der Waals surface area contributed by atoms with E-state index in [1.54, 1.807) is 22.7 Å². The lowest BCUT2D eigenvalue weighted by Crippen LogP contribution is -2.37. The van der Waals surface area contributed by atoms with Gasteiger partial charge in [0, 0.05) is 44.0 Å². The first-order valence-corrected chi connectivity index (χ1v) is 12.4. The molecule has 0 bridgehead atoms. The van der Waals surface area contributed by atoms with Crippen molar-refractivity contribution in [2.75, 3.05) is 31.1 Å². The fourth-order valence-electron chi connectivity index (χ4n) is 3.45. The van der Waals surface area contributed by atoms with E-state index < -0.39 is 0 Å². The molecular weight excluding hydrogens is 424 g/mol. The second-order valence-corrected chi connectivity index (χ2v) is 9.93. The van der Waals surface area contributed by atoms with Crippen molar-refractivity contribution in [3.63, 3.8) is 0 Å². The number of hydrogen-bond donors (Lipinski definition) is 1. The quantitative estimate of drug-likeness (QED) is 0.594. The van der Waals surface area contributed by atoms with E-state index in [1.165, 1.54) is 21.8 Å². The van der Waals surface area contributed by atoms with Crippen LogP contribution in [0.3, 0.4) is 0 Å². The highest BCUT2D eigenvalue weighted by atomic mass is 32.1. The highest BCUT2D eigenvalue weighted by Crippen LogP contribution is 2.34. The summed E-state index contributed by atoms with van der Waals surface area (Å²) in [7, 11) is 0. The fourth-order valence-corrected chi connectivity index (χ4v) is 6.60. The SMILES string of the molecule is CCN(CC)c1nc2sc(C(=O)NCCC(=O)N3CCc4sccc4C3)cc2s1. The molecule has 3 aromatic heterocycles. The highest BCUT2D eigenvalue weighted by Gasteiger charge is 2.21. The average molecular weight is 449 g/mol. The summed E-state index contributed by atoms with van der Waals surface area (Å²) in [5.74, 6) is -0.0315. The first-order chi connectivity index (χ1) is 14.1. The first kappa shape index (κ1) is 20.3. The van der Waals surface area contributed by atoms with E-state index in [-0.39, 0.29) is 11.8 Å². The number of aromatic nitrogens is 1. The molecule has 0 fully saturated rings. The van der Waals surface area contributed by atoms with Gasteiger partial charge in [0.2, 0.25) is 5.91 Å². The zero-order chi connectivity index (χ0) is 20.4. The van der Waals surface area contributed by atoms with E-state index in [9.17, 15) is 9.59 Å². The lowest BCUT2D eigenvalue weighted by atomic mass is 10.1. The van der Waals surface area contributed by atoms with Gasteiger partial charge in [-0.05, 0) is 43.3 Å². The number of thiophene rings is 2. The number of nitrogens with zero attached hydrogens (tertiary/aromatic N) is 3. The number of anilines is 1. The molecule has 0 radical (unpaired) electrons. The Kier molecular flexibility index (Phi) is 6.17. The predicted molar refractivity (Wildman–Crippen MR) is 121 cm³/mol. The first-order valence-electron chi connectivity index (χ1n) is 9.85. The van der Waals surface area contributed by atoms with Crippen LogP contribution in [-0.2, 0) is 17.8 Å². The molecule has 1 aliphatic heterocycles. The molecule has 0 unspecified atom stereocenters. The third kappa shape index (κ3) is 4.31. The highest BCUT2D eigenvalue weighted by molar-refractivity contribution is 7.29. The Labute approximate surface area is 182 Å². The summed E-state index contributed by atoms with van der Waals surface area (Å²) in [6.07, 6.45) is 1.26. The fraction of sp³-hybridized carbons (Fsp3) is 0.450. The van der Waals surface area contributed by atoms with Crippen LogP contribution in [0.1, 0.15) is 40.4 Å².